The first-order chi connectivity index (χ1) is 10.1. The average Bonchev–Trinajstić information content (AvgIpc) is 2.91. The minimum atomic E-state index is -0.469. The molecule has 9 heteroatoms. The van der Waals surface area contributed by atoms with Crippen LogP contribution in [0.1, 0.15) is 18.1 Å². The second kappa shape index (κ2) is 5.51. The van der Waals surface area contributed by atoms with Crippen LogP contribution in [0, 0.1) is 0 Å². The fourth-order valence-corrected chi connectivity index (χ4v) is 2.77. The number of amides is 2. The van der Waals surface area contributed by atoms with Crippen molar-refractivity contribution in [1.82, 2.24) is 10.4 Å². The van der Waals surface area contributed by atoms with Crippen LogP contribution in [0.3, 0.4) is 0 Å². The van der Waals surface area contributed by atoms with Crippen molar-refractivity contribution in [2.75, 3.05) is 6.54 Å². The van der Waals surface area contributed by atoms with Crippen LogP contribution in [0.4, 0.5) is 4.79 Å². The minimum Gasteiger partial charge on any atom is -0.387 e. The smallest absolute Gasteiger partial charge is 0.352 e. The molecule has 2 heterocycles. The topological polar surface area (TPSA) is 92.3 Å². The van der Waals surface area contributed by atoms with Gasteiger partial charge in [-0.1, -0.05) is 34.4 Å². The summed E-state index contributed by atoms with van der Waals surface area (Å²) >= 11 is 12.3. The van der Waals surface area contributed by atoms with Gasteiger partial charge in [-0.2, -0.15) is 5.10 Å². The molecule has 2 aliphatic rings. The number of nitrogens with one attached hydrogen (secondary N) is 1. The number of hydrazine groups is 1. The van der Waals surface area contributed by atoms with Crippen LogP contribution in [-0.4, -0.2) is 29.0 Å². The number of carbonyl (C=O) groups is 1. The fraction of sp³-hybridized carbons (Fsp3) is 0.250. The van der Waals surface area contributed by atoms with Gasteiger partial charge < -0.3 is 4.84 Å². The molecule has 0 saturated heterocycles. The predicted molar refractivity (Wildman–Crippen MR) is 79.2 cm³/mol. The Morgan fingerprint density at radius 3 is 2.71 bits per heavy atom. The summed E-state index contributed by atoms with van der Waals surface area (Å²) in [6, 6.07) is 4.77. The molecule has 1 atom stereocenters. The molecule has 1 unspecified atom stereocenters. The van der Waals surface area contributed by atoms with E-state index in [9.17, 15) is 4.79 Å². The van der Waals surface area contributed by atoms with E-state index >= 15 is 0 Å². The maximum Gasteiger partial charge on any atom is 0.352 e. The predicted octanol–water partition coefficient (Wildman–Crippen LogP) is 2.07. The first kappa shape index (κ1) is 14.1. The Hall–Kier alpha value is -1.83. The van der Waals surface area contributed by atoms with Crippen LogP contribution in [0.5, 0.6) is 0 Å². The maximum absolute atomic E-state index is 11.2. The van der Waals surface area contributed by atoms with Crippen molar-refractivity contribution in [1.29, 1.82) is 0 Å². The normalized spacial score (nSPS) is 21.6. The number of nitrogens with zero attached hydrogens (tertiary/aromatic N) is 3. The van der Waals surface area contributed by atoms with Gasteiger partial charge in [0.05, 0.1) is 6.54 Å². The molecule has 0 fully saturated rings. The third kappa shape index (κ3) is 2.67. The molecule has 0 radical (unpaired) electrons. The van der Waals surface area contributed by atoms with Gasteiger partial charge in [0.25, 0.3) is 0 Å². The third-order valence-electron chi connectivity index (χ3n) is 3.19. The number of hydrogen-bond acceptors (Lipinski definition) is 5. The maximum atomic E-state index is 11.2. The van der Waals surface area contributed by atoms with Crippen molar-refractivity contribution in [3.63, 3.8) is 0 Å². The molecular formula is C12H11Cl2N5O2. The molecule has 1 aromatic carbocycles. The van der Waals surface area contributed by atoms with Gasteiger partial charge in [0.2, 0.25) is 0 Å². The van der Waals surface area contributed by atoms with Crippen molar-refractivity contribution >= 4 is 40.7 Å². The quantitative estimate of drug-likeness (QED) is 0.643. The standard InChI is InChI=1S/C12H11Cl2N5O2/c13-6-2-1-3-7(14)11(6)10-4-8(18-21-10)9-5-19(15)12(20)17-16-9/h1-3,10H,4-5,15H2,(H,17,20). The highest BCUT2D eigenvalue weighted by Gasteiger charge is 2.31. The Balaban J connectivity index is 1.78. The van der Waals surface area contributed by atoms with Crippen molar-refractivity contribution in [2.45, 2.75) is 12.5 Å². The molecule has 2 aliphatic heterocycles. The van der Waals surface area contributed by atoms with E-state index in [0.717, 1.165) is 5.01 Å². The molecule has 3 N–H and O–H groups in total. The monoisotopic (exact) mass is 327 g/mol. The van der Waals surface area contributed by atoms with Crippen LogP contribution in [0.15, 0.2) is 28.5 Å². The van der Waals surface area contributed by atoms with Crippen LogP contribution < -0.4 is 11.3 Å². The zero-order valence-corrected chi connectivity index (χ0v) is 12.2. The van der Waals surface area contributed by atoms with Crippen molar-refractivity contribution < 1.29 is 9.63 Å². The summed E-state index contributed by atoms with van der Waals surface area (Å²) in [5.74, 6) is 5.53. The molecular weight excluding hydrogens is 317 g/mol. The summed E-state index contributed by atoms with van der Waals surface area (Å²) in [5.41, 5.74) is 4.13. The summed E-state index contributed by atoms with van der Waals surface area (Å²) in [6.45, 7) is 0.164. The Morgan fingerprint density at radius 1 is 1.33 bits per heavy atom. The SMILES string of the molecule is NN1CC(C2=NOC(c3c(Cl)cccc3Cl)C2)=NNC1=O. The molecule has 7 nitrogen and oxygen atoms in total. The minimum absolute atomic E-state index is 0.164. The average molecular weight is 328 g/mol. The van der Waals surface area contributed by atoms with Crippen LogP contribution in [0.25, 0.3) is 0 Å². The largest absolute Gasteiger partial charge is 0.387 e. The molecule has 0 aliphatic carbocycles. The van der Waals surface area contributed by atoms with Gasteiger partial charge in [-0.05, 0) is 12.1 Å². The van der Waals surface area contributed by atoms with Crippen LogP contribution in [-0.2, 0) is 4.84 Å². The van der Waals surface area contributed by atoms with Crippen molar-refractivity contribution in [2.24, 2.45) is 16.1 Å². The number of urea groups is 1. The highest BCUT2D eigenvalue weighted by atomic mass is 35.5. The van der Waals surface area contributed by atoms with E-state index in [0.29, 0.717) is 33.5 Å². The number of hydrogen-bond donors (Lipinski definition) is 2. The Morgan fingerprint density at radius 2 is 2.05 bits per heavy atom. The lowest BCUT2D eigenvalue weighted by molar-refractivity contribution is 0.0859. The van der Waals surface area contributed by atoms with E-state index in [1.807, 2.05) is 0 Å². The zero-order valence-electron chi connectivity index (χ0n) is 10.7. The Labute approximate surface area is 130 Å². The van der Waals surface area contributed by atoms with Gasteiger partial charge in [-0.15, -0.1) is 0 Å². The molecule has 0 spiro atoms. The summed E-state index contributed by atoms with van der Waals surface area (Å²) in [4.78, 5) is 16.6. The third-order valence-corrected chi connectivity index (χ3v) is 3.85. The number of halogens is 2. The van der Waals surface area contributed by atoms with Gasteiger partial charge in [0, 0.05) is 22.0 Å². The van der Waals surface area contributed by atoms with Gasteiger partial charge >= 0.3 is 6.03 Å². The van der Waals surface area contributed by atoms with Crippen LogP contribution in [0.2, 0.25) is 10.0 Å². The molecule has 0 bridgehead atoms. The number of rotatable bonds is 2. The van der Waals surface area contributed by atoms with E-state index in [1.165, 1.54) is 0 Å². The number of nitrogens with two attached hydrogens (primary N) is 1. The Kier molecular flexibility index (Phi) is 3.71. The van der Waals surface area contributed by atoms with Gasteiger partial charge in [-0.3, -0.25) is 5.01 Å². The second-order valence-electron chi connectivity index (χ2n) is 4.57. The number of benzene rings is 1. The molecule has 1 aromatic rings. The number of hydrazone groups is 1. The summed E-state index contributed by atoms with van der Waals surface area (Å²) in [5, 5.41) is 9.98. The van der Waals surface area contributed by atoms with Crippen LogP contribution >= 0.6 is 23.2 Å². The number of carbonyl (C=O) groups excluding carboxylic acids is 1. The molecule has 2 amide bonds. The van der Waals surface area contributed by atoms with Gasteiger partial charge in [0.15, 0.2) is 6.10 Å². The highest BCUT2D eigenvalue weighted by Crippen LogP contribution is 2.37. The van der Waals surface area contributed by atoms with E-state index in [-0.39, 0.29) is 12.6 Å². The van der Waals surface area contributed by atoms with Crippen molar-refractivity contribution in [3.8, 4) is 0 Å². The molecule has 0 aromatic heterocycles. The molecule has 3 rings (SSSR count). The van der Waals surface area contributed by atoms with E-state index < -0.39 is 6.03 Å². The van der Waals surface area contributed by atoms with Gasteiger partial charge in [-0.25, -0.2) is 16.1 Å². The van der Waals surface area contributed by atoms with Crippen molar-refractivity contribution in [3.05, 3.63) is 33.8 Å². The lowest BCUT2D eigenvalue weighted by Gasteiger charge is -2.21. The highest BCUT2D eigenvalue weighted by molar-refractivity contribution is 6.44. The fourth-order valence-electron chi connectivity index (χ4n) is 2.12. The number of oxime groups is 1. The molecule has 0 saturated carbocycles. The van der Waals surface area contributed by atoms with E-state index in [4.69, 9.17) is 33.9 Å². The lowest BCUT2D eigenvalue weighted by atomic mass is 10.0. The summed E-state index contributed by atoms with van der Waals surface area (Å²) < 4.78 is 0. The first-order valence-corrected chi connectivity index (χ1v) is 6.87. The van der Waals surface area contributed by atoms with Gasteiger partial charge in [0.1, 0.15) is 11.4 Å². The summed E-state index contributed by atoms with van der Waals surface area (Å²) in [7, 11) is 0. The Bertz CT molecular complexity index is 641. The van der Waals surface area contributed by atoms with E-state index in [2.05, 4.69) is 15.7 Å². The lowest BCUT2D eigenvalue weighted by Crippen LogP contribution is -2.51. The molecule has 21 heavy (non-hydrogen) atoms. The zero-order chi connectivity index (χ0) is 15.0. The second-order valence-corrected chi connectivity index (χ2v) is 5.39. The molecule has 110 valence electrons. The van der Waals surface area contributed by atoms with E-state index in [1.54, 1.807) is 18.2 Å². The summed E-state index contributed by atoms with van der Waals surface area (Å²) in [6.07, 6.45) is 0.0687. The first-order valence-electron chi connectivity index (χ1n) is 6.12.